The molecule has 3 nitrogen and oxygen atoms in total. The molecule has 0 aromatic heterocycles. The number of amides is 1. The minimum Gasteiger partial charge on any atom is -0.325 e. The van der Waals surface area contributed by atoms with Crippen LogP contribution < -0.4 is 10.6 Å². The highest BCUT2D eigenvalue weighted by Crippen LogP contribution is 2.57. The topological polar surface area (TPSA) is 41.1 Å². The van der Waals surface area contributed by atoms with Crippen LogP contribution in [0, 0.1) is 17.8 Å². The van der Waals surface area contributed by atoms with Crippen molar-refractivity contribution in [3.05, 3.63) is 28.3 Å². The third-order valence-electron chi connectivity index (χ3n) is 5.25. The summed E-state index contributed by atoms with van der Waals surface area (Å²) in [7, 11) is 2.02. The molecule has 20 heavy (non-hydrogen) atoms. The van der Waals surface area contributed by atoms with Crippen molar-refractivity contribution >= 4 is 23.2 Å². The number of rotatable bonds is 3. The van der Waals surface area contributed by atoms with Gasteiger partial charge in [-0.1, -0.05) is 17.7 Å². The molecule has 1 aromatic rings. The molecule has 3 unspecified atom stereocenters. The van der Waals surface area contributed by atoms with E-state index in [0.717, 1.165) is 33.7 Å². The predicted molar refractivity (Wildman–Crippen MR) is 79.9 cm³/mol. The molecule has 3 atom stereocenters. The van der Waals surface area contributed by atoms with Crippen LogP contribution >= 0.6 is 11.6 Å². The van der Waals surface area contributed by atoms with Crippen molar-refractivity contribution in [2.24, 2.45) is 17.8 Å². The number of nitrogens with one attached hydrogen (secondary N) is 2. The van der Waals surface area contributed by atoms with E-state index in [-0.39, 0.29) is 5.91 Å². The Hall–Kier alpha value is -1.06. The quantitative estimate of drug-likeness (QED) is 0.898. The number of hydrogen-bond acceptors (Lipinski definition) is 2. The van der Waals surface area contributed by atoms with E-state index in [0.29, 0.717) is 18.4 Å². The Morgan fingerprint density at radius 1 is 1.30 bits per heavy atom. The molecule has 2 saturated carbocycles. The molecule has 0 spiro atoms. The molecule has 1 heterocycles. The molecule has 2 N–H and O–H groups in total. The average molecular weight is 291 g/mol. The first-order chi connectivity index (χ1) is 9.65. The maximum absolute atomic E-state index is 11.5. The lowest BCUT2D eigenvalue weighted by Gasteiger charge is -2.26. The summed E-state index contributed by atoms with van der Waals surface area (Å²) in [5.74, 6) is 2.68. The summed E-state index contributed by atoms with van der Waals surface area (Å²) in [5, 5.41) is 7.09. The third-order valence-corrected chi connectivity index (χ3v) is 5.57. The summed E-state index contributed by atoms with van der Waals surface area (Å²) in [6, 6.07) is 4.36. The van der Waals surface area contributed by atoms with E-state index in [1.165, 1.54) is 19.3 Å². The second-order valence-corrected chi connectivity index (χ2v) is 6.92. The molecule has 1 amide bonds. The fourth-order valence-corrected chi connectivity index (χ4v) is 4.47. The van der Waals surface area contributed by atoms with Crippen molar-refractivity contribution in [1.29, 1.82) is 0 Å². The van der Waals surface area contributed by atoms with Gasteiger partial charge >= 0.3 is 0 Å². The molecule has 1 aliphatic heterocycles. The minimum atomic E-state index is 0.0661. The third kappa shape index (κ3) is 1.95. The SMILES string of the molecule is CNC(c1cc2c(cc1Cl)NC(=O)C2)C1CC2CC2C1. The summed E-state index contributed by atoms with van der Waals surface area (Å²) in [6.45, 7) is 0. The summed E-state index contributed by atoms with van der Waals surface area (Å²) in [5.41, 5.74) is 3.13. The smallest absolute Gasteiger partial charge is 0.228 e. The Balaban J connectivity index is 1.66. The Morgan fingerprint density at radius 3 is 2.75 bits per heavy atom. The lowest BCUT2D eigenvalue weighted by Crippen LogP contribution is -2.25. The van der Waals surface area contributed by atoms with E-state index in [9.17, 15) is 4.79 Å². The first-order valence-corrected chi connectivity index (χ1v) is 7.83. The van der Waals surface area contributed by atoms with Gasteiger partial charge in [0.25, 0.3) is 0 Å². The van der Waals surface area contributed by atoms with Crippen LogP contribution in [0.3, 0.4) is 0 Å². The summed E-state index contributed by atoms with van der Waals surface area (Å²) in [4.78, 5) is 11.5. The van der Waals surface area contributed by atoms with E-state index >= 15 is 0 Å². The molecular weight excluding hydrogens is 272 g/mol. The number of halogens is 1. The molecule has 1 aromatic carbocycles. The van der Waals surface area contributed by atoms with Crippen LogP contribution in [0.25, 0.3) is 0 Å². The summed E-state index contributed by atoms with van der Waals surface area (Å²) in [6.07, 6.45) is 4.55. The lowest BCUT2D eigenvalue weighted by molar-refractivity contribution is -0.115. The molecule has 2 aliphatic carbocycles. The molecular formula is C16H19ClN2O. The number of fused-ring (bicyclic) bond motifs is 2. The van der Waals surface area contributed by atoms with Crippen molar-refractivity contribution < 1.29 is 4.79 Å². The molecule has 2 fully saturated rings. The van der Waals surface area contributed by atoms with Gasteiger partial charge < -0.3 is 10.6 Å². The van der Waals surface area contributed by atoms with E-state index in [1.54, 1.807) is 0 Å². The first kappa shape index (κ1) is 12.7. The van der Waals surface area contributed by atoms with E-state index < -0.39 is 0 Å². The van der Waals surface area contributed by atoms with Crippen molar-refractivity contribution in [3.63, 3.8) is 0 Å². The normalized spacial score (nSPS) is 31.7. The zero-order chi connectivity index (χ0) is 13.9. The summed E-state index contributed by atoms with van der Waals surface area (Å²) >= 11 is 6.46. The van der Waals surface area contributed by atoms with Gasteiger partial charge in [-0.2, -0.15) is 0 Å². The lowest BCUT2D eigenvalue weighted by atomic mass is 9.88. The molecule has 0 radical (unpaired) electrons. The number of hydrogen-bond donors (Lipinski definition) is 2. The van der Waals surface area contributed by atoms with Gasteiger partial charge in [0.05, 0.1) is 6.42 Å². The molecule has 106 valence electrons. The highest BCUT2D eigenvalue weighted by molar-refractivity contribution is 6.32. The predicted octanol–water partition coefficient (Wildman–Crippen LogP) is 3.14. The molecule has 4 rings (SSSR count). The second-order valence-electron chi connectivity index (χ2n) is 6.51. The van der Waals surface area contributed by atoms with Crippen LogP contribution in [0.2, 0.25) is 5.02 Å². The van der Waals surface area contributed by atoms with Crippen LogP contribution in [0.1, 0.15) is 36.4 Å². The largest absolute Gasteiger partial charge is 0.325 e. The van der Waals surface area contributed by atoms with Crippen molar-refractivity contribution in [2.75, 3.05) is 12.4 Å². The standard InChI is InChI=1S/C16H19ClN2O/c1-18-16(11-3-8-2-9(8)4-11)12-5-10-6-15(20)19-14(10)7-13(12)17/h5,7-9,11,16,18H,2-4,6H2,1H3,(H,19,20). The Kier molecular flexibility index (Phi) is 2.83. The number of carbonyl (C=O) groups excluding carboxylic acids is 1. The monoisotopic (exact) mass is 290 g/mol. The van der Waals surface area contributed by atoms with Gasteiger partial charge in [-0.05, 0) is 61.3 Å². The average Bonchev–Trinajstić information content (AvgIpc) is 2.85. The maximum atomic E-state index is 11.5. The van der Waals surface area contributed by atoms with Gasteiger partial charge in [-0.3, -0.25) is 4.79 Å². The van der Waals surface area contributed by atoms with Gasteiger partial charge in [0, 0.05) is 16.8 Å². The van der Waals surface area contributed by atoms with E-state index in [4.69, 9.17) is 11.6 Å². The Morgan fingerprint density at radius 2 is 2.05 bits per heavy atom. The van der Waals surface area contributed by atoms with Crippen molar-refractivity contribution in [2.45, 2.75) is 31.7 Å². The number of anilines is 1. The van der Waals surface area contributed by atoms with Gasteiger partial charge in [0.2, 0.25) is 5.91 Å². The highest BCUT2D eigenvalue weighted by Gasteiger charge is 2.48. The Bertz CT molecular complexity index is 576. The van der Waals surface area contributed by atoms with Gasteiger partial charge in [0.1, 0.15) is 0 Å². The fourth-order valence-electron chi connectivity index (χ4n) is 4.18. The number of carbonyl (C=O) groups is 1. The maximum Gasteiger partial charge on any atom is 0.228 e. The molecule has 0 saturated heterocycles. The van der Waals surface area contributed by atoms with Crippen LogP contribution in [-0.4, -0.2) is 13.0 Å². The summed E-state index contributed by atoms with van der Waals surface area (Å²) < 4.78 is 0. The zero-order valence-corrected chi connectivity index (χ0v) is 12.3. The molecule has 3 aliphatic rings. The first-order valence-electron chi connectivity index (χ1n) is 7.45. The molecule has 4 heteroatoms. The van der Waals surface area contributed by atoms with Gasteiger partial charge in [-0.25, -0.2) is 0 Å². The zero-order valence-electron chi connectivity index (χ0n) is 11.6. The van der Waals surface area contributed by atoms with Crippen LogP contribution in [-0.2, 0) is 11.2 Å². The number of benzene rings is 1. The van der Waals surface area contributed by atoms with Crippen LogP contribution in [0.5, 0.6) is 0 Å². The van der Waals surface area contributed by atoms with Gasteiger partial charge in [0.15, 0.2) is 0 Å². The van der Waals surface area contributed by atoms with E-state index in [1.807, 2.05) is 13.1 Å². The second kappa shape index (κ2) is 4.47. The van der Waals surface area contributed by atoms with Crippen molar-refractivity contribution in [1.82, 2.24) is 5.32 Å². The fraction of sp³-hybridized carbons (Fsp3) is 0.562. The van der Waals surface area contributed by atoms with Gasteiger partial charge in [-0.15, -0.1) is 0 Å². The van der Waals surface area contributed by atoms with Crippen LogP contribution in [0.15, 0.2) is 12.1 Å². The Labute approximate surface area is 124 Å². The molecule has 0 bridgehead atoms. The minimum absolute atomic E-state index is 0.0661. The van der Waals surface area contributed by atoms with Crippen molar-refractivity contribution in [3.8, 4) is 0 Å². The van der Waals surface area contributed by atoms with Crippen LogP contribution in [0.4, 0.5) is 5.69 Å². The highest BCUT2D eigenvalue weighted by atomic mass is 35.5. The van der Waals surface area contributed by atoms with E-state index in [2.05, 4.69) is 16.7 Å².